The summed E-state index contributed by atoms with van der Waals surface area (Å²) in [6, 6.07) is 8.01. The number of carbonyl (C=O) groups excluding carboxylic acids is 1. The van der Waals surface area contributed by atoms with Gasteiger partial charge in [-0.2, -0.15) is 0 Å². The van der Waals surface area contributed by atoms with Crippen molar-refractivity contribution in [3.05, 3.63) is 40.4 Å². The zero-order chi connectivity index (χ0) is 15.7. The topological polar surface area (TPSA) is 38.3 Å². The summed E-state index contributed by atoms with van der Waals surface area (Å²) < 4.78 is 4.55. The average molecular weight is 310 g/mol. The van der Waals surface area contributed by atoms with Crippen molar-refractivity contribution < 1.29 is 9.53 Å². The number of piperidine rings is 1. The highest BCUT2D eigenvalue weighted by Crippen LogP contribution is 2.17. The molecule has 0 unspecified atom stereocenters. The fourth-order valence-electron chi connectivity index (χ4n) is 1.83. The van der Waals surface area contributed by atoms with Gasteiger partial charge in [-0.1, -0.05) is 35.4 Å². The standard InChI is InChI=1S/C12H14ClN.C5H10O2/c13-12-3-1-10(2-4-12)9-11-5-7-14-8-6-11;1-5(2,3)7-4-6/h1-4,9,14H,5-8H2;4H,1-3H3. The van der Waals surface area contributed by atoms with Crippen LogP contribution in [0.4, 0.5) is 0 Å². The van der Waals surface area contributed by atoms with Gasteiger partial charge in [0.05, 0.1) is 0 Å². The molecule has 21 heavy (non-hydrogen) atoms. The lowest BCUT2D eigenvalue weighted by atomic mass is 10.0. The molecular weight excluding hydrogens is 286 g/mol. The quantitative estimate of drug-likeness (QED) is 0.837. The highest BCUT2D eigenvalue weighted by atomic mass is 35.5. The third-order valence-corrected chi connectivity index (χ3v) is 3.14. The highest BCUT2D eigenvalue weighted by molar-refractivity contribution is 6.30. The van der Waals surface area contributed by atoms with E-state index in [4.69, 9.17) is 11.6 Å². The van der Waals surface area contributed by atoms with Crippen molar-refractivity contribution in [1.82, 2.24) is 5.32 Å². The molecule has 1 N–H and O–H groups in total. The van der Waals surface area contributed by atoms with Gasteiger partial charge < -0.3 is 10.1 Å². The molecule has 2 rings (SSSR count). The highest BCUT2D eigenvalue weighted by Gasteiger charge is 2.07. The van der Waals surface area contributed by atoms with Crippen LogP contribution in [-0.2, 0) is 9.53 Å². The van der Waals surface area contributed by atoms with Crippen LogP contribution in [0.1, 0.15) is 39.2 Å². The molecule has 116 valence electrons. The van der Waals surface area contributed by atoms with Crippen molar-refractivity contribution in [3.8, 4) is 0 Å². The molecule has 1 aliphatic heterocycles. The lowest BCUT2D eigenvalue weighted by Crippen LogP contribution is -2.22. The van der Waals surface area contributed by atoms with Crippen molar-refractivity contribution in [2.75, 3.05) is 13.1 Å². The van der Waals surface area contributed by atoms with E-state index in [1.807, 2.05) is 32.9 Å². The summed E-state index contributed by atoms with van der Waals surface area (Å²) >= 11 is 5.82. The molecule has 0 bridgehead atoms. The number of ether oxygens (including phenoxy) is 1. The van der Waals surface area contributed by atoms with Crippen molar-refractivity contribution in [2.45, 2.75) is 39.2 Å². The van der Waals surface area contributed by atoms with Gasteiger partial charge >= 0.3 is 0 Å². The van der Waals surface area contributed by atoms with Crippen molar-refractivity contribution >= 4 is 24.1 Å². The van der Waals surface area contributed by atoms with E-state index in [0.717, 1.165) is 18.1 Å². The predicted molar refractivity (Wildman–Crippen MR) is 88.4 cm³/mol. The van der Waals surface area contributed by atoms with E-state index >= 15 is 0 Å². The molecule has 1 saturated heterocycles. The number of halogens is 1. The van der Waals surface area contributed by atoms with Crippen LogP contribution in [0.5, 0.6) is 0 Å². The van der Waals surface area contributed by atoms with E-state index in [-0.39, 0.29) is 5.60 Å². The molecule has 0 atom stereocenters. The Morgan fingerprint density at radius 1 is 1.14 bits per heavy atom. The van der Waals surface area contributed by atoms with Gasteiger partial charge in [-0.25, -0.2) is 0 Å². The second kappa shape index (κ2) is 8.85. The third-order valence-electron chi connectivity index (χ3n) is 2.89. The minimum atomic E-state index is -0.318. The molecule has 1 fully saturated rings. The van der Waals surface area contributed by atoms with Gasteiger partial charge in [-0.15, -0.1) is 0 Å². The summed E-state index contributed by atoms with van der Waals surface area (Å²) in [6.45, 7) is 8.14. The number of rotatable bonds is 2. The van der Waals surface area contributed by atoms with Crippen molar-refractivity contribution in [1.29, 1.82) is 0 Å². The van der Waals surface area contributed by atoms with Crippen molar-refractivity contribution in [3.63, 3.8) is 0 Å². The van der Waals surface area contributed by atoms with Gasteiger partial charge in [0.2, 0.25) is 0 Å². The number of hydrogen-bond acceptors (Lipinski definition) is 3. The van der Waals surface area contributed by atoms with E-state index in [1.165, 1.54) is 24.0 Å². The first-order valence-corrected chi connectivity index (χ1v) is 7.56. The monoisotopic (exact) mass is 309 g/mol. The van der Waals surface area contributed by atoms with Crippen LogP contribution >= 0.6 is 11.6 Å². The zero-order valence-corrected chi connectivity index (χ0v) is 13.7. The van der Waals surface area contributed by atoms with Gasteiger partial charge in [-0.05, 0) is 64.4 Å². The Labute approximate surface area is 132 Å². The molecule has 1 aromatic carbocycles. The molecule has 0 amide bonds. The van der Waals surface area contributed by atoms with Gasteiger partial charge in [0.15, 0.2) is 0 Å². The fraction of sp³-hybridized carbons (Fsp3) is 0.471. The number of benzene rings is 1. The molecule has 4 heteroatoms. The maximum Gasteiger partial charge on any atom is 0.293 e. The van der Waals surface area contributed by atoms with Crippen LogP contribution in [-0.4, -0.2) is 25.2 Å². The summed E-state index contributed by atoms with van der Waals surface area (Å²) in [7, 11) is 0. The Morgan fingerprint density at radius 2 is 1.71 bits per heavy atom. The Bertz CT molecular complexity index is 453. The van der Waals surface area contributed by atoms with Crippen LogP contribution in [0.15, 0.2) is 29.8 Å². The Balaban J connectivity index is 0.000000270. The van der Waals surface area contributed by atoms with E-state index in [9.17, 15) is 4.79 Å². The summed E-state index contributed by atoms with van der Waals surface area (Å²) in [5.41, 5.74) is 2.47. The summed E-state index contributed by atoms with van der Waals surface area (Å²) in [5.74, 6) is 0. The summed E-state index contributed by atoms with van der Waals surface area (Å²) in [5, 5.41) is 4.15. The first-order chi connectivity index (χ1) is 9.90. The predicted octanol–water partition coefficient (Wildman–Crippen LogP) is 4.06. The van der Waals surface area contributed by atoms with E-state index in [1.54, 1.807) is 0 Å². The molecule has 1 aliphatic rings. The SMILES string of the molecule is CC(C)(C)OC=O.Clc1ccc(C=C2CCNCC2)cc1. The average Bonchev–Trinajstić information content (AvgIpc) is 2.42. The van der Waals surface area contributed by atoms with Gasteiger partial charge in [0.25, 0.3) is 6.47 Å². The lowest BCUT2D eigenvalue weighted by Gasteiger charge is -2.15. The molecule has 0 aliphatic carbocycles. The Kier molecular flexibility index (Phi) is 7.48. The molecule has 1 aromatic rings. The maximum absolute atomic E-state index is 9.60. The van der Waals surface area contributed by atoms with E-state index < -0.39 is 0 Å². The second-order valence-electron chi connectivity index (χ2n) is 5.93. The minimum Gasteiger partial charge on any atom is -0.462 e. The molecule has 1 heterocycles. The van der Waals surface area contributed by atoms with E-state index in [0.29, 0.717) is 6.47 Å². The third kappa shape index (κ3) is 8.53. The van der Waals surface area contributed by atoms with Gasteiger partial charge in [-0.3, -0.25) is 4.79 Å². The Morgan fingerprint density at radius 3 is 2.14 bits per heavy atom. The number of nitrogens with one attached hydrogen (secondary N) is 1. The first kappa shape index (κ1) is 17.7. The Hall–Kier alpha value is -1.32. The normalized spacial score (nSPS) is 14.8. The largest absolute Gasteiger partial charge is 0.462 e. The fourth-order valence-corrected chi connectivity index (χ4v) is 1.96. The zero-order valence-electron chi connectivity index (χ0n) is 13.0. The first-order valence-electron chi connectivity index (χ1n) is 7.18. The second-order valence-corrected chi connectivity index (χ2v) is 6.37. The molecule has 0 saturated carbocycles. The summed E-state index contributed by atoms with van der Waals surface area (Å²) in [6.07, 6.45) is 4.61. The molecule has 0 aromatic heterocycles. The van der Waals surface area contributed by atoms with Gasteiger partial charge in [0, 0.05) is 5.02 Å². The maximum atomic E-state index is 9.60. The smallest absolute Gasteiger partial charge is 0.293 e. The number of carbonyl (C=O) groups is 1. The molecular formula is C17H24ClNO2. The molecule has 3 nitrogen and oxygen atoms in total. The molecule has 0 spiro atoms. The van der Waals surface area contributed by atoms with Crippen LogP contribution in [0.3, 0.4) is 0 Å². The van der Waals surface area contributed by atoms with Gasteiger partial charge in [0.1, 0.15) is 5.60 Å². The summed E-state index contributed by atoms with van der Waals surface area (Å²) in [4.78, 5) is 9.60. The minimum absolute atomic E-state index is 0.318. The molecule has 0 radical (unpaired) electrons. The van der Waals surface area contributed by atoms with Crippen molar-refractivity contribution in [2.24, 2.45) is 0 Å². The van der Waals surface area contributed by atoms with Crippen LogP contribution < -0.4 is 5.32 Å². The van der Waals surface area contributed by atoms with Crippen LogP contribution in [0, 0.1) is 0 Å². The number of hydrogen-bond donors (Lipinski definition) is 1. The lowest BCUT2D eigenvalue weighted by molar-refractivity contribution is -0.138. The van der Waals surface area contributed by atoms with E-state index in [2.05, 4.69) is 28.3 Å². The van der Waals surface area contributed by atoms with Crippen LogP contribution in [0.25, 0.3) is 6.08 Å². The van der Waals surface area contributed by atoms with Crippen LogP contribution in [0.2, 0.25) is 5.02 Å².